The summed E-state index contributed by atoms with van der Waals surface area (Å²) < 4.78 is 66.8. The second-order valence-corrected chi connectivity index (χ2v) is 18.2. The number of aryl methyl sites for hydroxylation is 3. The Bertz CT molecular complexity index is 2500. The van der Waals surface area contributed by atoms with Crippen LogP contribution in [-0.2, 0) is 60.8 Å². The highest BCUT2D eigenvalue weighted by Gasteiger charge is 2.56. The summed E-state index contributed by atoms with van der Waals surface area (Å²) in [4.78, 5) is 79.5. The Kier molecular flexibility index (Phi) is 15.3. The summed E-state index contributed by atoms with van der Waals surface area (Å²) in [7, 11) is -5.64. The normalized spacial score (nSPS) is 16.6. The van der Waals surface area contributed by atoms with Crippen molar-refractivity contribution >= 4 is 54.3 Å². The van der Waals surface area contributed by atoms with Crippen LogP contribution >= 0.6 is 7.60 Å². The van der Waals surface area contributed by atoms with Crippen LogP contribution in [0.1, 0.15) is 93.6 Å². The van der Waals surface area contributed by atoms with Crippen molar-refractivity contribution in [2.75, 3.05) is 18.5 Å². The Morgan fingerprint density at radius 3 is 2.00 bits per heavy atom. The fourth-order valence-electron chi connectivity index (χ4n) is 7.83. The third kappa shape index (κ3) is 11.1. The van der Waals surface area contributed by atoms with Gasteiger partial charge in [0.05, 0.1) is 16.8 Å². The van der Waals surface area contributed by atoms with E-state index in [0.29, 0.717) is 47.2 Å². The monoisotopic (exact) mass is 913 g/mol. The summed E-state index contributed by atoms with van der Waals surface area (Å²) >= 11 is 0. The van der Waals surface area contributed by atoms with Gasteiger partial charge in [0.25, 0.3) is 0 Å². The maximum absolute atomic E-state index is 16.3. The minimum Gasteiger partial charge on any atom is -0.434 e. The van der Waals surface area contributed by atoms with Gasteiger partial charge in [-0.25, -0.2) is 9.59 Å². The first kappa shape index (κ1) is 48.1. The highest BCUT2D eigenvalue weighted by molar-refractivity contribution is 7.54. The van der Waals surface area contributed by atoms with Gasteiger partial charge in [-0.1, -0.05) is 78.9 Å². The number of carbonyl (C=O) groups is 6. The maximum atomic E-state index is 16.3. The molecule has 0 saturated heterocycles. The van der Waals surface area contributed by atoms with Crippen LogP contribution in [-0.4, -0.2) is 61.1 Å². The number of nitrogens with zero attached hydrogens (tertiary/aromatic N) is 1. The van der Waals surface area contributed by atoms with Crippen LogP contribution in [0.4, 0.5) is 14.5 Å². The molecule has 14 nitrogen and oxygen atoms in total. The fraction of sp³-hybridized carbons (Fsp3) is 0.333. The highest BCUT2D eigenvalue weighted by atomic mass is 31.2. The molecule has 2 aliphatic heterocycles. The average molecular weight is 914 g/mol. The van der Waals surface area contributed by atoms with Crippen LogP contribution in [0.25, 0.3) is 5.57 Å². The third-order valence-corrected chi connectivity index (χ3v) is 13.3. The molecule has 65 heavy (non-hydrogen) atoms. The molecule has 0 spiro atoms. The number of amides is 3. The third-order valence-electron chi connectivity index (χ3n) is 11.4. The van der Waals surface area contributed by atoms with E-state index >= 15 is 8.78 Å². The first-order valence-electron chi connectivity index (χ1n) is 21.0. The number of carbonyl (C=O) groups excluding carboxylic acids is 6. The topological polar surface area (TPSA) is 198 Å². The molecule has 0 radical (unpaired) electrons. The van der Waals surface area contributed by atoms with Gasteiger partial charge < -0.3 is 20.5 Å². The first-order chi connectivity index (χ1) is 30.9. The average Bonchev–Trinajstić information content (AvgIpc) is 3.61. The standard InChI is InChI=1S/C48H50F2N3O11P/c1-29-10-5-7-14-39(29)46(58)61-27-63-65(60,64-28-62-47(59)40-15-8-6-11-30(40)2)48(49,50)37-21-19-33(20-22-37)31(3)24-38(54)25-36-18-17-34-12-9-13-35-26-41(53(43(34)35)45(36)57)44(56)52-32(4)16-23-42(51)55/h5-15,19-22,24,32,36,41H,16-18,23,25-28H2,1-4H3,(H2,51,55)(H,52,56)/b31-24+/t32-,36-,41+/m1/s1. The summed E-state index contributed by atoms with van der Waals surface area (Å²) in [5.41, 5.74) is 4.51. The number of hydrogen-bond acceptors (Lipinski definition) is 11. The molecule has 4 aromatic carbocycles. The zero-order valence-electron chi connectivity index (χ0n) is 36.3. The van der Waals surface area contributed by atoms with Crippen molar-refractivity contribution in [2.24, 2.45) is 11.7 Å². The summed E-state index contributed by atoms with van der Waals surface area (Å²) in [5.74, 6) is -4.28. The molecular formula is C48H50F2N3O11P. The van der Waals surface area contributed by atoms with Crippen molar-refractivity contribution in [2.45, 2.75) is 84.0 Å². The van der Waals surface area contributed by atoms with Gasteiger partial charge in [0.2, 0.25) is 31.3 Å². The maximum Gasteiger partial charge on any atom is 0.410 e. The predicted molar refractivity (Wildman–Crippen MR) is 236 cm³/mol. The number of ether oxygens (including phenoxy) is 2. The lowest BCUT2D eigenvalue weighted by atomic mass is 9.92. The number of hydrogen-bond donors (Lipinski definition) is 2. The fourth-order valence-corrected chi connectivity index (χ4v) is 9.08. The van der Waals surface area contributed by atoms with Gasteiger partial charge >= 0.3 is 25.2 Å². The van der Waals surface area contributed by atoms with Gasteiger partial charge in [-0.05, 0) is 98.6 Å². The van der Waals surface area contributed by atoms with Crippen LogP contribution in [0, 0.1) is 19.8 Å². The molecule has 0 aromatic heterocycles. The van der Waals surface area contributed by atoms with Crippen molar-refractivity contribution in [3.05, 3.63) is 142 Å². The number of primary amides is 1. The lowest BCUT2D eigenvalue weighted by molar-refractivity contribution is -0.129. The number of benzene rings is 4. The lowest BCUT2D eigenvalue weighted by Gasteiger charge is -2.28. The number of para-hydroxylation sites is 1. The van der Waals surface area contributed by atoms with E-state index < -0.39 is 68.0 Å². The number of nitrogens with one attached hydrogen (secondary N) is 1. The number of halogens is 2. The van der Waals surface area contributed by atoms with Gasteiger partial charge in [-0.15, -0.1) is 0 Å². The lowest BCUT2D eigenvalue weighted by Crippen LogP contribution is -2.51. The molecule has 3 amide bonds. The first-order valence-corrected chi connectivity index (χ1v) is 22.5. The van der Waals surface area contributed by atoms with Crippen LogP contribution in [0.15, 0.2) is 97.1 Å². The Balaban J connectivity index is 1.15. The summed E-state index contributed by atoms with van der Waals surface area (Å²) in [6.45, 7) is 4.21. The number of esters is 2. The van der Waals surface area contributed by atoms with Crippen LogP contribution in [0.2, 0.25) is 0 Å². The van der Waals surface area contributed by atoms with Gasteiger partial charge in [0.1, 0.15) is 6.04 Å². The molecular weight excluding hydrogens is 864 g/mol. The Hall–Kier alpha value is -6.35. The number of rotatable bonds is 19. The van der Waals surface area contributed by atoms with Crippen molar-refractivity contribution in [3.8, 4) is 0 Å². The van der Waals surface area contributed by atoms with E-state index in [1.165, 1.54) is 35.2 Å². The van der Waals surface area contributed by atoms with Crippen LogP contribution in [0.3, 0.4) is 0 Å². The molecule has 6 rings (SSSR count). The van der Waals surface area contributed by atoms with E-state index in [-0.39, 0.29) is 48.2 Å². The molecule has 0 saturated carbocycles. The molecule has 2 heterocycles. The van der Waals surface area contributed by atoms with Crippen molar-refractivity contribution < 1.29 is 60.6 Å². The summed E-state index contributed by atoms with van der Waals surface area (Å²) in [5, 5.41) is 2.89. The minimum absolute atomic E-state index is 0.0874. The Labute approximate surface area is 375 Å². The van der Waals surface area contributed by atoms with Crippen LogP contribution in [0.5, 0.6) is 0 Å². The Morgan fingerprint density at radius 1 is 0.862 bits per heavy atom. The van der Waals surface area contributed by atoms with E-state index in [9.17, 15) is 33.3 Å². The van der Waals surface area contributed by atoms with E-state index in [1.54, 1.807) is 64.1 Å². The highest BCUT2D eigenvalue weighted by Crippen LogP contribution is 2.67. The number of allylic oxidation sites excluding steroid dienone is 2. The van der Waals surface area contributed by atoms with Crippen molar-refractivity contribution in [1.82, 2.24) is 5.32 Å². The van der Waals surface area contributed by atoms with Gasteiger partial charge in [-0.2, -0.15) is 8.78 Å². The van der Waals surface area contributed by atoms with Crippen molar-refractivity contribution in [1.29, 1.82) is 0 Å². The molecule has 3 atom stereocenters. The smallest absolute Gasteiger partial charge is 0.410 e. The second-order valence-electron chi connectivity index (χ2n) is 16.1. The number of nitrogens with two attached hydrogens (primary N) is 1. The SMILES string of the molecule is C/C(=C\C(=O)C[C@H]1CCc2cccc3c2N(C1=O)[C@H](C(=O)N[C@H](C)CCC(N)=O)C3)c1ccc(C(F)(F)P(=O)(OCOC(=O)c2ccccc2C)OCOC(=O)c2ccccc2C)cc1. The molecule has 3 N–H and O–H groups in total. The molecule has 0 aliphatic carbocycles. The molecule has 342 valence electrons. The number of anilines is 1. The van der Waals surface area contributed by atoms with E-state index in [0.717, 1.165) is 23.3 Å². The quantitative estimate of drug-likeness (QED) is 0.0402. The van der Waals surface area contributed by atoms with E-state index in [2.05, 4.69) is 5.32 Å². The Morgan fingerprint density at radius 2 is 1.43 bits per heavy atom. The predicted octanol–water partition coefficient (Wildman–Crippen LogP) is 7.86. The molecule has 0 fully saturated rings. The van der Waals surface area contributed by atoms with Crippen LogP contribution < -0.4 is 16.0 Å². The van der Waals surface area contributed by atoms with Gasteiger partial charge in [0.15, 0.2) is 5.78 Å². The molecule has 2 aliphatic rings. The zero-order valence-corrected chi connectivity index (χ0v) is 37.2. The summed E-state index contributed by atoms with van der Waals surface area (Å²) in [6, 6.07) is 21.6. The molecule has 4 aromatic rings. The number of ketones is 1. The number of alkyl halides is 2. The minimum atomic E-state index is -5.64. The van der Waals surface area contributed by atoms with Gasteiger partial charge in [-0.3, -0.25) is 37.7 Å². The summed E-state index contributed by atoms with van der Waals surface area (Å²) in [6.07, 6.45) is 2.67. The van der Waals surface area contributed by atoms with Crippen molar-refractivity contribution in [3.63, 3.8) is 0 Å². The largest absolute Gasteiger partial charge is 0.434 e. The zero-order chi connectivity index (χ0) is 47.1. The molecule has 0 unspecified atom stereocenters. The van der Waals surface area contributed by atoms with Gasteiger partial charge in [0, 0.05) is 36.8 Å². The second kappa shape index (κ2) is 20.7. The van der Waals surface area contributed by atoms with E-state index in [1.807, 2.05) is 18.2 Å². The molecule has 17 heteroatoms. The van der Waals surface area contributed by atoms with E-state index in [4.69, 9.17) is 24.3 Å². The molecule has 0 bridgehead atoms.